The van der Waals surface area contributed by atoms with Gasteiger partial charge in [0.2, 0.25) is 0 Å². The smallest absolute Gasteiger partial charge is 0.262 e. The van der Waals surface area contributed by atoms with E-state index in [4.69, 9.17) is 15.2 Å². The Kier molecular flexibility index (Phi) is 4.88. The largest absolute Gasteiger partial charge is 0.495 e. The van der Waals surface area contributed by atoms with E-state index in [1.165, 1.54) is 7.11 Å². The first-order chi connectivity index (χ1) is 10.5. The molecule has 5 heteroatoms. The highest BCUT2D eigenvalue weighted by atomic mass is 16.5. The maximum absolute atomic E-state index is 12.0. The number of ether oxygens (including phenoxy) is 2. The normalized spacial score (nSPS) is 10.1. The minimum atomic E-state index is -0.273. The third kappa shape index (κ3) is 3.91. The molecule has 2 aromatic rings. The lowest BCUT2D eigenvalue weighted by Gasteiger charge is -2.12. The van der Waals surface area contributed by atoms with Crippen LogP contribution >= 0.6 is 0 Å². The summed E-state index contributed by atoms with van der Waals surface area (Å²) < 4.78 is 10.8. The molecular formula is C17H20N2O3. The van der Waals surface area contributed by atoms with Gasteiger partial charge in [-0.15, -0.1) is 0 Å². The van der Waals surface area contributed by atoms with Gasteiger partial charge < -0.3 is 20.5 Å². The van der Waals surface area contributed by atoms with E-state index in [9.17, 15) is 4.79 Å². The molecule has 0 saturated carbocycles. The molecule has 0 radical (unpaired) electrons. The molecule has 2 aromatic carbocycles. The van der Waals surface area contributed by atoms with E-state index in [1.54, 1.807) is 18.2 Å². The molecule has 0 aliphatic rings. The Balaban J connectivity index is 2.01. The lowest BCUT2D eigenvalue weighted by molar-refractivity contribution is -0.118. The Labute approximate surface area is 130 Å². The molecule has 0 atom stereocenters. The van der Waals surface area contributed by atoms with E-state index in [1.807, 2.05) is 32.0 Å². The summed E-state index contributed by atoms with van der Waals surface area (Å²) in [5.41, 5.74) is 8.86. The number of nitrogens with one attached hydrogen (secondary N) is 1. The average Bonchev–Trinajstić information content (AvgIpc) is 2.48. The lowest BCUT2D eigenvalue weighted by Crippen LogP contribution is -2.20. The van der Waals surface area contributed by atoms with E-state index in [2.05, 4.69) is 5.32 Å². The molecule has 1 amide bonds. The summed E-state index contributed by atoms with van der Waals surface area (Å²) in [6, 6.07) is 10.9. The fraction of sp³-hybridized carbons (Fsp3) is 0.235. The molecule has 0 fully saturated rings. The van der Waals surface area contributed by atoms with Crippen LogP contribution in [0.5, 0.6) is 11.5 Å². The van der Waals surface area contributed by atoms with E-state index in [0.29, 0.717) is 22.9 Å². The van der Waals surface area contributed by atoms with Gasteiger partial charge in [-0.2, -0.15) is 0 Å². The second-order valence-corrected chi connectivity index (χ2v) is 5.07. The van der Waals surface area contributed by atoms with Crippen molar-refractivity contribution in [3.63, 3.8) is 0 Å². The SMILES string of the molecule is COc1ccc(N)cc1NC(=O)COc1cc(C)ccc1C. The number of hydrogen-bond donors (Lipinski definition) is 2. The summed E-state index contributed by atoms with van der Waals surface area (Å²) in [5, 5.41) is 2.74. The standard InChI is InChI=1S/C17H20N2O3/c1-11-4-5-12(2)16(8-11)22-10-17(20)19-14-9-13(18)6-7-15(14)21-3/h4-9H,10,18H2,1-3H3,(H,19,20). The molecule has 0 aliphatic heterocycles. The number of rotatable bonds is 5. The van der Waals surface area contributed by atoms with Crippen LogP contribution in [0.25, 0.3) is 0 Å². The van der Waals surface area contributed by atoms with E-state index in [-0.39, 0.29) is 12.5 Å². The molecule has 116 valence electrons. The van der Waals surface area contributed by atoms with Crippen molar-refractivity contribution in [3.05, 3.63) is 47.5 Å². The summed E-state index contributed by atoms with van der Waals surface area (Å²) in [4.78, 5) is 12.0. The maximum Gasteiger partial charge on any atom is 0.262 e. The number of benzene rings is 2. The summed E-state index contributed by atoms with van der Waals surface area (Å²) in [6.07, 6.45) is 0. The van der Waals surface area contributed by atoms with Crippen LogP contribution in [0.2, 0.25) is 0 Å². The molecule has 0 aliphatic carbocycles. The summed E-state index contributed by atoms with van der Waals surface area (Å²) in [5.74, 6) is 0.980. The fourth-order valence-corrected chi connectivity index (χ4v) is 2.02. The number of aryl methyl sites for hydroxylation is 2. The number of nitrogen functional groups attached to an aromatic ring is 1. The van der Waals surface area contributed by atoms with Gasteiger partial charge >= 0.3 is 0 Å². The molecule has 0 bridgehead atoms. The second-order valence-electron chi connectivity index (χ2n) is 5.07. The summed E-state index contributed by atoms with van der Waals surface area (Å²) in [7, 11) is 1.54. The lowest BCUT2D eigenvalue weighted by atomic mass is 10.1. The molecule has 0 saturated heterocycles. The van der Waals surface area contributed by atoms with Gasteiger partial charge in [0.1, 0.15) is 11.5 Å². The Hall–Kier alpha value is -2.69. The number of methoxy groups -OCH3 is 1. The van der Waals surface area contributed by atoms with Crippen LogP contribution in [-0.2, 0) is 4.79 Å². The van der Waals surface area contributed by atoms with Crippen molar-refractivity contribution in [2.24, 2.45) is 0 Å². The molecular weight excluding hydrogens is 280 g/mol. The third-order valence-corrected chi connectivity index (χ3v) is 3.20. The van der Waals surface area contributed by atoms with Crippen molar-refractivity contribution in [3.8, 4) is 11.5 Å². The minimum absolute atomic E-state index is 0.0811. The molecule has 3 N–H and O–H groups in total. The molecule has 0 spiro atoms. The Bertz CT molecular complexity index is 684. The first-order valence-corrected chi connectivity index (χ1v) is 6.93. The second kappa shape index (κ2) is 6.85. The van der Waals surface area contributed by atoms with Crippen molar-refractivity contribution in [2.45, 2.75) is 13.8 Å². The monoisotopic (exact) mass is 300 g/mol. The summed E-state index contributed by atoms with van der Waals surface area (Å²) in [6.45, 7) is 3.83. The number of carbonyl (C=O) groups is 1. The third-order valence-electron chi connectivity index (χ3n) is 3.20. The summed E-state index contributed by atoms with van der Waals surface area (Å²) >= 11 is 0. The molecule has 0 unspecified atom stereocenters. The highest BCUT2D eigenvalue weighted by molar-refractivity contribution is 5.94. The zero-order valence-corrected chi connectivity index (χ0v) is 13.0. The van der Waals surface area contributed by atoms with Gasteiger partial charge in [0.25, 0.3) is 5.91 Å². The predicted molar refractivity (Wildman–Crippen MR) is 87.4 cm³/mol. The van der Waals surface area contributed by atoms with E-state index >= 15 is 0 Å². The van der Waals surface area contributed by atoms with Crippen molar-refractivity contribution in [1.29, 1.82) is 0 Å². The van der Waals surface area contributed by atoms with E-state index < -0.39 is 0 Å². The maximum atomic E-state index is 12.0. The number of nitrogens with two attached hydrogens (primary N) is 1. The predicted octanol–water partition coefficient (Wildman–Crippen LogP) is 2.91. The van der Waals surface area contributed by atoms with Gasteiger partial charge in [-0.1, -0.05) is 12.1 Å². The topological polar surface area (TPSA) is 73.6 Å². The Morgan fingerprint density at radius 3 is 2.64 bits per heavy atom. The van der Waals surface area contributed by atoms with Gasteiger partial charge in [-0.3, -0.25) is 4.79 Å². The van der Waals surface area contributed by atoms with Gasteiger partial charge in [-0.05, 0) is 49.2 Å². The fourth-order valence-electron chi connectivity index (χ4n) is 2.02. The van der Waals surface area contributed by atoms with E-state index in [0.717, 1.165) is 11.1 Å². The van der Waals surface area contributed by atoms with Crippen LogP contribution in [0.1, 0.15) is 11.1 Å². The van der Waals surface area contributed by atoms with Crippen molar-refractivity contribution < 1.29 is 14.3 Å². The van der Waals surface area contributed by atoms with Gasteiger partial charge in [0, 0.05) is 5.69 Å². The average molecular weight is 300 g/mol. The number of anilines is 2. The van der Waals surface area contributed by atoms with Crippen LogP contribution in [0.15, 0.2) is 36.4 Å². The van der Waals surface area contributed by atoms with Crippen LogP contribution in [-0.4, -0.2) is 19.6 Å². The van der Waals surface area contributed by atoms with Crippen molar-refractivity contribution >= 4 is 17.3 Å². The number of amides is 1. The van der Waals surface area contributed by atoms with Gasteiger partial charge in [-0.25, -0.2) is 0 Å². The Morgan fingerprint density at radius 2 is 1.91 bits per heavy atom. The zero-order chi connectivity index (χ0) is 16.1. The van der Waals surface area contributed by atoms with Crippen LogP contribution in [0, 0.1) is 13.8 Å². The zero-order valence-electron chi connectivity index (χ0n) is 13.0. The minimum Gasteiger partial charge on any atom is -0.495 e. The first kappa shape index (κ1) is 15.7. The van der Waals surface area contributed by atoms with Gasteiger partial charge in [0.05, 0.1) is 12.8 Å². The van der Waals surface area contributed by atoms with Crippen LogP contribution in [0.4, 0.5) is 11.4 Å². The van der Waals surface area contributed by atoms with Gasteiger partial charge in [0.15, 0.2) is 6.61 Å². The highest BCUT2D eigenvalue weighted by Gasteiger charge is 2.09. The number of hydrogen-bond acceptors (Lipinski definition) is 4. The highest BCUT2D eigenvalue weighted by Crippen LogP contribution is 2.26. The molecule has 0 heterocycles. The van der Waals surface area contributed by atoms with Crippen molar-refractivity contribution in [1.82, 2.24) is 0 Å². The first-order valence-electron chi connectivity index (χ1n) is 6.93. The molecule has 22 heavy (non-hydrogen) atoms. The number of carbonyl (C=O) groups excluding carboxylic acids is 1. The quantitative estimate of drug-likeness (QED) is 0.833. The Morgan fingerprint density at radius 1 is 1.14 bits per heavy atom. The molecule has 5 nitrogen and oxygen atoms in total. The van der Waals surface area contributed by atoms with Crippen LogP contribution < -0.4 is 20.5 Å². The van der Waals surface area contributed by atoms with Crippen molar-refractivity contribution in [2.75, 3.05) is 24.8 Å². The van der Waals surface area contributed by atoms with Crippen LogP contribution in [0.3, 0.4) is 0 Å². The molecule has 2 rings (SSSR count). The molecule has 0 aromatic heterocycles.